The van der Waals surface area contributed by atoms with Crippen LogP contribution in [0.25, 0.3) is 5.57 Å². The summed E-state index contributed by atoms with van der Waals surface area (Å²) in [6.07, 6.45) is 14.4. The topological polar surface area (TPSA) is 25.8 Å². The molecule has 0 fully saturated rings. The molecule has 1 aromatic heterocycles. The molecule has 0 radical (unpaired) electrons. The fraction of sp³-hybridized carbons (Fsp3) is 0.333. The standard InChI is InChI=1S/C12H14N2/c1-2-10-3-5-11(6-4-10)12-7-13-9-14-8-12/h3,5-10H,2,4H2,1H3. The van der Waals surface area contributed by atoms with E-state index >= 15 is 0 Å². The molecule has 0 saturated carbocycles. The van der Waals surface area contributed by atoms with Crippen molar-refractivity contribution in [3.05, 3.63) is 42.5 Å². The third kappa shape index (κ3) is 1.90. The predicted molar refractivity (Wildman–Crippen MR) is 57.5 cm³/mol. The maximum absolute atomic E-state index is 4.01. The summed E-state index contributed by atoms with van der Waals surface area (Å²) < 4.78 is 0. The van der Waals surface area contributed by atoms with Gasteiger partial charge in [-0.05, 0) is 24.3 Å². The Labute approximate surface area is 84.4 Å². The summed E-state index contributed by atoms with van der Waals surface area (Å²) in [4.78, 5) is 8.03. The zero-order chi connectivity index (χ0) is 9.80. The van der Waals surface area contributed by atoms with Crippen molar-refractivity contribution in [3.8, 4) is 0 Å². The summed E-state index contributed by atoms with van der Waals surface area (Å²) >= 11 is 0. The highest BCUT2D eigenvalue weighted by atomic mass is 14.8. The summed E-state index contributed by atoms with van der Waals surface area (Å²) in [5, 5.41) is 0. The van der Waals surface area contributed by atoms with Crippen molar-refractivity contribution in [2.45, 2.75) is 19.8 Å². The molecule has 0 bridgehead atoms. The van der Waals surface area contributed by atoms with Crippen LogP contribution in [-0.4, -0.2) is 9.97 Å². The zero-order valence-electron chi connectivity index (χ0n) is 8.35. The molecule has 2 rings (SSSR count). The molecule has 0 amide bonds. The Balaban J connectivity index is 2.16. The van der Waals surface area contributed by atoms with Crippen LogP contribution in [0.1, 0.15) is 25.3 Å². The van der Waals surface area contributed by atoms with Crippen LogP contribution in [0.5, 0.6) is 0 Å². The quantitative estimate of drug-likeness (QED) is 0.709. The molecule has 1 heterocycles. The van der Waals surface area contributed by atoms with Crippen LogP contribution in [-0.2, 0) is 0 Å². The van der Waals surface area contributed by atoms with E-state index in [2.05, 4.69) is 35.1 Å². The van der Waals surface area contributed by atoms with E-state index in [9.17, 15) is 0 Å². The van der Waals surface area contributed by atoms with Crippen LogP contribution in [0.2, 0.25) is 0 Å². The molecule has 1 aromatic rings. The minimum atomic E-state index is 0.711. The third-order valence-electron chi connectivity index (χ3n) is 2.61. The maximum Gasteiger partial charge on any atom is 0.115 e. The van der Waals surface area contributed by atoms with Gasteiger partial charge in [0.2, 0.25) is 0 Å². The normalized spacial score (nSPS) is 20.6. The smallest absolute Gasteiger partial charge is 0.115 e. The first-order chi connectivity index (χ1) is 6.90. The van der Waals surface area contributed by atoms with E-state index in [0.29, 0.717) is 5.92 Å². The maximum atomic E-state index is 4.01. The van der Waals surface area contributed by atoms with Gasteiger partial charge in [-0.25, -0.2) is 9.97 Å². The Kier molecular flexibility index (Phi) is 2.73. The Morgan fingerprint density at radius 1 is 1.36 bits per heavy atom. The molecule has 1 aliphatic carbocycles. The van der Waals surface area contributed by atoms with Gasteiger partial charge in [-0.15, -0.1) is 0 Å². The Hall–Kier alpha value is -1.44. The van der Waals surface area contributed by atoms with E-state index in [4.69, 9.17) is 0 Å². The van der Waals surface area contributed by atoms with Gasteiger partial charge in [-0.3, -0.25) is 0 Å². The Morgan fingerprint density at radius 2 is 2.14 bits per heavy atom. The lowest BCUT2D eigenvalue weighted by Gasteiger charge is -2.13. The van der Waals surface area contributed by atoms with Gasteiger partial charge in [0.25, 0.3) is 0 Å². The molecule has 14 heavy (non-hydrogen) atoms. The summed E-state index contributed by atoms with van der Waals surface area (Å²) in [5.74, 6) is 0.711. The van der Waals surface area contributed by atoms with Crippen LogP contribution in [0.3, 0.4) is 0 Å². The average Bonchev–Trinajstić information content (AvgIpc) is 2.30. The second-order valence-corrected chi connectivity index (χ2v) is 3.55. The number of nitrogens with zero attached hydrogens (tertiary/aromatic N) is 2. The molecule has 2 heteroatoms. The summed E-state index contributed by atoms with van der Waals surface area (Å²) in [6, 6.07) is 0. The number of allylic oxidation sites excluding steroid dienone is 4. The van der Waals surface area contributed by atoms with Crippen LogP contribution >= 0.6 is 0 Å². The van der Waals surface area contributed by atoms with Crippen molar-refractivity contribution < 1.29 is 0 Å². The lowest BCUT2D eigenvalue weighted by Crippen LogP contribution is -1.98. The molecule has 2 nitrogen and oxygen atoms in total. The van der Waals surface area contributed by atoms with Crippen molar-refractivity contribution in [2.24, 2.45) is 5.92 Å². The number of hydrogen-bond donors (Lipinski definition) is 0. The molecule has 1 aliphatic rings. The second kappa shape index (κ2) is 4.18. The van der Waals surface area contributed by atoms with E-state index in [-0.39, 0.29) is 0 Å². The highest BCUT2D eigenvalue weighted by molar-refractivity contribution is 5.73. The van der Waals surface area contributed by atoms with Gasteiger partial charge >= 0.3 is 0 Å². The SMILES string of the molecule is CCC1C=CC(c2cncnc2)=CC1. The van der Waals surface area contributed by atoms with Crippen LogP contribution in [0.15, 0.2) is 36.9 Å². The molecule has 72 valence electrons. The van der Waals surface area contributed by atoms with Gasteiger partial charge in [0.1, 0.15) is 6.33 Å². The molecule has 0 aliphatic heterocycles. The van der Waals surface area contributed by atoms with Crippen molar-refractivity contribution in [2.75, 3.05) is 0 Å². The zero-order valence-corrected chi connectivity index (χ0v) is 8.35. The number of aromatic nitrogens is 2. The molecule has 0 N–H and O–H groups in total. The molecule has 1 unspecified atom stereocenters. The second-order valence-electron chi connectivity index (χ2n) is 3.55. The Morgan fingerprint density at radius 3 is 2.71 bits per heavy atom. The molecule has 0 aromatic carbocycles. The van der Waals surface area contributed by atoms with Crippen molar-refractivity contribution in [3.63, 3.8) is 0 Å². The average molecular weight is 186 g/mol. The van der Waals surface area contributed by atoms with Crippen molar-refractivity contribution >= 4 is 5.57 Å². The highest BCUT2D eigenvalue weighted by Gasteiger charge is 2.07. The third-order valence-corrected chi connectivity index (χ3v) is 2.61. The van der Waals surface area contributed by atoms with Gasteiger partial charge in [0.05, 0.1) is 0 Å². The lowest BCUT2D eigenvalue weighted by atomic mass is 9.92. The first-order valence-corrected chi connectivity index (χ1v) is 5.04. The highest BCUT2D eigenvalue weighted by Crippen LogP contribution is 2.24. The van der Waals surface area contributed by atoms with E-state index in [1.807, 2.05) is 12.4 Å². The first kappa shape index (κ1) is 9.13. The van der Waals surface area contributed by atoms with Gasteiger partial charge in [0.15, 0.2) is 0 Å². The lowest BCUT2D eigenvalue weighted by molar-refractivity contribution is 0.634. The number of rotatable bonds is 2. The first-order valence-electron chi connectivity index (χ1n) is 5.04. The summed E-state index contributed by atoms with van der Waals surface area (Å²) in [7, 11) is 0. The molecule has 1 atom stereocenters. The fourth-order valence-corrected chi connectivity index (χ4v) is 1.63. The van der Waals surface area contributed by atoms with E-state index in [0.717, 1.165) is 12.0 Å². The van der Waals surface area contributed by atoms with Gasteiger partial charge in [-0.2, -0.15) is 0 Å². The van der Waals surface area contributed by atoms with Crippen molar-refractivity contribution in [1.29, 1.82) is 0 Å². The monoisotopic (exact) mass is 186 g/mol. The van der Waals surface area contributed by atoms with E-state index < -0.39 is 0 Å². The van der Waals surface area contributed by atoms with Crippen LogP contribution < -0.4 is 0 Å². The van der Waals surface area contributed by atoms with Gasteiger partial charge in [0, 0.05) is 18.0 Å². The Bertz CT molecular complexity index is 352. The van der Waals surface area contributed by atoms with Crippen LogP contribution in [0, 0.1) is 5.92 Å². The largest absolute Gasteiger partial charge is 0.244 e. The van der Waals surface area contributed by atoms with Crippen LogP contribution in [0.4, 0.5) is 0 Å². The summed E-state index contributed by atoms with van der Waals surface area (Å²) in [6.45, 7) is 2.22. The van der Waals surface area contributed by atoms with E-state index in [1.165, 1.54) is 12.0 Å². The molecular weight excluding hydrogens is 172 g/mol. The molecular formula is C12H14N2. The van der Waals surface area contributed by atoms with Gasteiger partial charge < -0.3 is 0 Å². The minimum Gasteiger partial charge on any atom is -0.244 e. The minimum absolute atomic E-state index is 0.711. The predicted octanol–water partition coefficient (Wildman–Crippen LogP) is 2.85. The van der Waals surface area contributed by atoms with E-state index in [1.54, 1.807) is 6.33 Å². The number of hydrogen-bond acceptors (Lipinski definition) is 2. The van der Waals surface area contributed by atoms with Gasteiger partial charge in [-0.1, -0.05) is 25.2 Å². The fourth-order valence-electron chi connectivity index (χ4n) is 1.63. The molecule has 0 spiro atoms. The van der Waals surface area contributed by atoms with Crippen molar-refractivity contribution in [1.82, 2.24) is 9.97 Å². The molecule has 0 saturated heterocycles. The summed E-state index contributed by atoms with van der Waals surface area (Å²) in [5.41, 5.74) is 2.36.